The van der Waals surface area contributed by atoms with Gasteiger partial charge in [-0.2, -0.15) is 0 Å². The predicted molar refractivity (Wildman–Crippen MR) is 75.9 cm³/mol. The molecule has 0 radical (unpaired) electrons. The molecule has 2 heterocycles. The Bertz CT molecular complexity index is 438. The molecule has 1 aromatic rings. The maximum atomic E-state index is 11.2. The Morgan fingerprint density at radius 2 is 2.28 bits per heavy atom. The zero-order valence-electron chi connectivity index (χ0n) is 10.7. The average Bonchev–Trinajstić information content (AvgIpc) is 2.83. The minimum absolute atomic E-state index is 0.0143. The van der Waals surface area contributed by atoms with Gasteiger partial charge in [-0.3, -0.25) is 4.79 Å². The summed E-state index contributed by atoms with van der Waals surface area (Å²) in [5.41, 5.74) is 0. The van der Waals surface area contributed by atoms with Gasteiger partial charge in [0.1, 0.15) is 0 Å². The molecule has 0 unspecified atom stereocenters. The van der Waals surface area contributed by atoms with Crippen LogP contribution in [0.25, 0.3) is 0 Å². The van der Waals surface area contributed by atoms with E-state index in [0.29, 0.717) is 12.1 Å². The molecule has 0 saturated carbocycles. The fourth-order valence-electron chi connectivity index (χ4n) is 2.56. The molecule has 0 aliphatic carbocycles. The van der Waals surface area contributed by atoms with Gasteiger partial charge >= 0.3 is 0 Å². The molecule has 7 heteroatoms. The molecular weight excluding hydrogens is 316 g/mol. The summed E-state index contributed by atoms with van der Waals surface area (Å²) in [5.74, 6) is 0.0143. The minimum Gasteiger partial charge on any atom is -0.352 e. The Balaban J connectivity index is 2.17. The van der Waals surface area contributed by atoms with Crippen LogP contribution in [0.1, 0.15) is 33.6 Å². The van der Waals surface area contributed by atoms with Gasteiger partial charge in [-0.1, -0.05) is 11.3 Å². The summed E-state index contributed by atoms with van der Waals surface area (Å²) in [6, 6.07) is 0.852. The number of aromatic nitrogens is 2. The summed E-state index contributed by atoms with van der Waals surface area (Å²) in [4.78, 5) is 13.5. The van der Waals surface area contributed by atoms with Crippen LogP contribution in [0, 0.1) is 0 Å². The first-order chi connectivity index (χ1) is 8.49. The van der Waals surface area contributed by atoms with Gasteiger partial charge in [0.05, 0.1) is 6.04 Å². The van der Waals surface area contributed by atoms with Crippen LogP contribution in [0.4, 0.5) is 5.13 Å². The molecular formula is C11H17BrN4OS. The molecule has 0 spiro atoms. The first kappa shape index (κ1) is 13.7. The molecule has 100 valence electrons. The maximum Gasteiger partial charge on any atom is 0.217 e. The minimum atomic E-state index is 0.0143. The SMILES string of the molecule is CC(=O)N[C@H](C)[C@H]1CC[C@@H](C)N1c1nnc(Br)s1. The average molecular weight is 333 g/mol. The molecule has 1 aliphatic rings. The molecule has 1 fully saturated rings. The van der Waals surface area contributed by atoms with Gasteiger partial charge in [0.15, 0.2) is 3.92 Å². The van der Waals surface area contributed by atoms with Crippen LogP contribution in [0.5, 0.6) is 0 Å². The van der Waals surface area contributed by atoms with Crippen molar-refractivity contribution in [3.63, 3.8) is 0 Å². The third kappa shape index (κ3) is 2.83. The van der Waals surface area contributed by atoms with Crippen molar-refractivity contribution in [2.45, 2.75) is 51.7 Å². The number of hydrogen-bond donors (Lipinski definition) is 1. The molecule has 1 aromatic heterocycles. The standard InChI is InChI=1S/C11H17BrN4OS/c1-6-4-5-9(7(2)13-8(3)17)16(6)11-15-14-10(12)18-11/h6-7,9H,4-5H2,1-3H3,(H,13,17)/t6-,7-,9-/m1/s1. The zero-order valence-corrected chi connectivity index (χ0v) is 13.1. The number of halogens is 1. The normalized spacial score (nSPS) is 25.2. The highest BCUT2D eigenvalue weighted by atomic mass is 79.9. The van der Waals surface area contributed by atoms with Gasteiger partial charge in [0.25, 0.3) is 0 Å². The lowest BCUT2D eigenvalue weighted by molar-refractivity contribution is -0.119. The Labute approximate surface area is 119 Å². The molecule has 1 N–H and O–H groups in total. The van der Waals surface area contributed by atoms with E-state index in [-0.39, 0.29) is 11.9 Å². The van der Waals surface area contributed by atoms with Crippen molar-refractivity contribution in [2.75, 3.05) is 4.90 Å². The number of anilines is 1. The number of nitrogens with zero attached hydrogens (tertiary/aromatic N) is 3. The van der Waals surface area contributed by atoms with Crippen molar-refractivity contribution in [1.82, 2.24) is 15.5 Å². The summed E-state index contributed by atoms with van der Waals surface area (Å²) in [6.45, 7) is 5.80. The first-order valence-corrected chi connectivity index (χ1v) is 7.64. The van der Waals surface area contributed by atoms with Crippen LogP contribution in [0.15, 0.2) is 3.92 Å². The Kier molecular flexibility index (Phi) is 4.21. The predicted octanol–water partition coefficient (Wildman–Crippen LogP) is 2.18. The highest BCUT2D eigenvalue weighted by Crippen LogP contribution is 2.35. The molecule has 5 nitrogen and oxygen atoms in total. The van der Waals surface area contributed by atoms with E-state index in [9.17, 15) is 4.79 Å². The van der Waals surface area contributed by atoms with Crippen molar-refractivity contribution in [1.29, 1.82) is 0 Å². The lowest BCUT2D eigenvalue weighted by atomic mass is 10.1. The van der Waals surface area contributed by atoms with Gasteiger partial charge < -0.3 is 10.2 Å². The lowest BCUT2D eigenvalue weighted by Crippen LogP contribution is -2.48. The second-order valence-corrected chi connectivity index (χ2v) is 6.96. The fourth-order valence-corrected chi connectivity index (χ4v) is 3.81. The van der Waals surface area contributed by atoms with Gasteiger partial charge in [0, 0.05) is 19.0 Å². The van der Waals surface area contributed by atoms with E-state index in [4.69, 9.17) is 0 Å². The van der Waals surface area contributed by atoms with Crippen LogP contribution >= 0.6 is 27.3 Å². The molecule has 18 heavy (non-hydrogen) atoms. The zero-order chi connectivity index (χ0) is 13.3. The Hall–Kier alpha value is -0.690. The van der Waals surface area contributed by atoms with E-state index in [1.165, 1.54) is 11.3 Å². The third-order valence-corrected chi connectivity index (χ3v) is 4.70. The summed E-state index contributed by atoms with van der Waals surface area (Å²) in [5, 5.41) is 12.1. The molecule has 0 bridgehead atoms. The van der Waals surface area contributed by atoms with Crippen LogP contribution in [0.2, 0.25) is 0 Å². The molecule has 1 saturated heterocycles. The van der Waals surface area contributed by atoms with E-state index in [0.717, 1.165) is 21.9 Å². The van der Waals surface area contributed by atoms with E-state index in [1.54, 1.807) is 6.92 Å². The summed E-state index contributed by atoms with van der Waals surface area (Å²) >= 11 is 4.88. The fraction of sp³-hybridized carbons (Fsp3) is 0.727. The summed E-state index contributed by atoms with van der Waals surface area (Å²) in [7, 11) is 0. The van der Waals surface area contributed by atoms with Crippen molar-refractivity contribution in [3.05, 3.63) is 3.92 Å². The van der Waals surface area contributed by atoms with Gasteiger partial charge in [-0.15, -0.1) is 10.2 Å². The van der Waals surface area contributed by atoms with E-state index < -0.39 is 0 Å². The Morgan fingerprint density at radius 1 is 1.56 bits per heavy atom. The second-order valence-electron chi connectivity index (χ2n) is 4.73. The van der Waals surface area contributed by atoms with Gasteiger partial charge in [-0.25, -0.2) is 0 Å². The molecule has 3 atom stereocenters. The maximum absolute atomic E-state index is 11.2. The van der Waals surface area contributed by atoms with E-state index >= 15 is 0 Å². The van der Waals surface area contributed by atoms with Crippen molar-refractivity contribution in [2.24, 2.45) is 0 Å². The van der Waals surface area contributed by atoms with Crippen LogP contribution in [-0.4, -0.2) is 34.2 Å². The monoisotopic (exact) mass is 332 g/mol. The van der Waals surface area contributed by atoms with Gasteiger partial charge in [0.2, 0.25) is 11.0 Å². The Morgan fingerprint density at radius 3 is 2.83 bits per heavy atom. The number of rotatable bonds is 3. The molecule has 2 rings (SSSR count). The highest BCUT2D eigenvalue weighted by molar-refractivity contribution is 9.11. The molecule has 1 amide bonds. The molecule has 0 aromatic carbocycles. The number of hydrogen-bond acceptors (Lipinski definition) is 5. The summed E-state index contributed by atoms with van der Waals surface area (Å²) in [6.07, 6.45) is 2.19. The lowest BCUT2D eigenvalue weighted by Gasteiger charge is -2.32. The highest BCUT2D eigenvalue weighted by Gasteiger charge is 2.36. The largest absolute Gasteiger partial charge is 0.352 e. The quantitative estimate of drug-likeness (QED) is 0.921. The van der Waals surface area contributed by atoms with Crippen LogP contribution in [0.3, 0.4) is 0 Å². The van der Waals surface area contributed by atoms with Crippen molar-refractivity contribution in [3.8, 4) is 0 Å². The first-order valence-electron chi connectivity index (χ1n) is 6.03. The summed E-state index contributed by atoms with van der Waals surface area (Å²) < 4.78 is 0.794. The van der Waals surface area contributed by atoms with E-state index in [2.05, 4.69) is 43.3 Å². The van der Waals surface area contributed by atoms with Crippen LogP contribution < -0.4 is 10.2 Å². The smallest absolute Gasteiger partial charge is 0.217 e. The number of carbonyl (C=O) groups excluding carboxylic acids is 1. The third-order valence-electron chi connectivity index (χ3n) is 3.33. The number of carbonyl (C=O) groups is 1. The number of nitrogens with one attached hydrogen (secondary N) is 1. The van der Waals surface area contributed by atoms with Crippen molar-refractivity contribution < 1.29 is 4.79 Å². The molecule has 1 aliphatic heterocycles. The van der Waals surface area contributed by atoms with E-state index in [1.807, 2.05) is 6.92 Å². The van der Waals surface area contributed by atoms with Gasteiger partial charge in [-0.05, 0) is 42.6 Å². The van der Waals surface area contributed by atoms with Crippen molar-refractivity contribution >= 4 is 38.3 Å². The van der Waals surface area contributed by atoms with Crippen LogP contribution in [-0.2, 0) is 4.79 Å². The second kappa shape index (κ2) is 5.52. The topological polar surface area (TPSA) is 58.1 Å². The number of amides is 1.